The summed E-state index contributed by atoms with van der Waals surface area (Å²) in [7, 11) is 0. The first-order chi connectivity index (χ1) is 7.54. The molecule has 0 fully saturated rings. The van der Waals surface area contributed by atoms with Crippen molar-refractivity contribution in [1.29, 1.82) is 0 Å². The van der Waals surface area contributed by atoms with Crippen LogP contribution in [0.4, 0.5) is 0 Å². The van der Waals surface area contributed by atoms with Crippen LogP contribution >= 0.6 is 11.6 Å². The van der Waals surface area contributed by atoms with Gasteiger partial charge in [0.2, 0.25) is 5.91 Å². The summed E-state index contributed by atoms with van der Waals surface area (Å²) >= 11 is 5.88. The van der Waals surface area contributed by atoms with Crippen molar-refractivity contribution in [2.24, 2.45) is 5.73 Å². The van der Waals surface area contributed by atoms with Crippen molar-refractivity contribution in [3.63, 3.8) is 0 Å². The third-order valence-electron chi connectivity index (χ3n) is 2.48. The van der Waals surface area contributed by atoms with Crippen molar-refractivity contribution in [1.82, 2.24) is 5.32 Å². The van der Waals surface area contributed by atoms with Crippen molar-refractivity contribution in [3.05, 3.63) is 34.9 Å². The molecule has 1 aromatic rings. The third kappa shape index (κ3) is 3.51. The van der Waals surface area contributed by atoms with Gasteiger partial charge in [-0.3, -0.25) is 4.79 Å². The van der Waals surface area contributed by atoms with Crippen LogP contribution in [-0.2, 0) is 4.79 Å². The summed E-state index contributed by atoms with van der Waals surface area (Å²) in [5.74, 6) is -0.130. The fraction of sp³-hybridized carbons (Fsp3) is 0.417. The first kappa shape index (κ1) is 13.0. The fourth-order valence-electron chi connectivity index (χ4n) is 1.37. The average molecular weight is 241 g/mol. The molecule has 0 heterocycles. The number of benzene rings is 1. The molecule has 0 spiro atoms. The number of hydrogen-bond acceptors (Lipinski definition) is 2. The van der Waals surface area contributed by atoms with Gasteiger partial charge in [-0.2, -0.15) is 0 Å². The lowest BCUT2D eigenvalue weighted by Crippen LogP contribution is -2.41. The average Bonchev–Trinajstić information content (AvgIpc) is 2.27. The molecule has 0 saturated heterocycles. The lowest BCUT2D eigenvalue weighted by molar-refractivity contribution is -0.123. The van der Waals surface area contributed by atoms with E-state index < -0.39 is 6.04 Å². The minimum Gasteiger partial charge on any atom is -0.348 e. The second-order valence-electron chi connectivity index (χ2n) is 3.80. The molecule has 0 saturated carbocycles. The Balaban J connectivity index is 2.65. The molecule has 0 aliphatic carbocycles. The summed E-state index contributed by atoms with van der Waals surface area (Å²) in [5, 5.41) is 3.52. The smallest absolute Gasteiger partial charge is 0.237 e. The number of hydrogen-bond donors (Lipinski definition) is 2. The maximum absolute atomic E-state index is 11.6. The van der Waals surface area contributed by atoms with Gasteiger partial charge in [0.15, 0.2) is 0 Å². The number of nitrogens with two attached hydrogens (primary N) is 1. The number of amides is 1. The highest BCUT2D eigenvalue weighted by Crippen LogP contribution is 2.17. The second kappa shape index (κ2) is 5.87. The summed E-state index contributed by atoms with van der Waals surface area (Å²) in [5.41, 5.74) is 6.61. The zero-order chi connectivity index (χ0) is 12.1. The molecule has 1 aromatic carbocycles. The molecule has 2 atom stereocenters. The number of carbonyl (C=O) groups is 1. The van der Waals surface area contributed by atoms with Gasteiger partial charge in [0.05, 0.1) is 12.1 Å². The van der Waals surface area contributed by atoms with Crippen molar-refractivity contribution < 1.29 is 4.79 Å². The van der Waals surface area contributed by atoms with E-state index in [9.17, 15) is 4.79 Å². The van der Waals surface area contributed by atoms with Crippen LogP contribution in [0.3, 0.4) is 0 Å². The van der Waals surface area contributed by atoms with Gasteiger partial charge in [-0.15, -0.1) is 0 Å². The Hall–Kier alpha value is -1.06. The van der Waals surface area contributed by atoms with E-state index in [2.05, 4.69) is 5.32 Å². The molecule has 0 radical (unpaired) electrons. The molecule has 3 N–H and O–H groups in total. The monoisotopic (exact) mass is 240 g/mol. The molecule has 1 amide bonds. The van der Waals surface area contributed by atoms with E-state index >= 15 is 0 Å². The first-order valence-electron chi connectivity index (χ1n) is 5.36. The second-order valence-corrected chi connectivity index (χ2v) is 4.24. The molecule has 0 aliphatic heterocycles. The van der Waals surface area contributed by atoms with Crippen molar-refractivity contribution in [2.75, 3.05) is 0 Å². The van der Waals surface area contributed by atoms with Crippen LogP contribution in [0.2, 0.25) is 5.02 Å². The molecule has 0 bridgehead atoms. The highest BCUT2D eigenvalue weighted by molar-refractivity contribution is 6.30. The number of halogens is 1. The summed E-state index contributed by atoms with van der Waals surface area (Å²) in [6.45, 7) is 3.79. The molecule has 0 aliphatic rings. The lowest BCUT2D eigenvalue weighted by atomic mass is 10.1. The van der Waals surface area contributed by atoms with Crippen molar-refractivity contribution in [3.8, 4) is 0 Å². The van der Waals surface area contributed by atoms with Crippen LogP contribution in [-0.4, -0.2) is 11.9 Å². The Morgan fingerprint density at radius 2 is 2.25 bits per heavy atom. The van der Waals surface area contributed by atoms with Gasteiger partial charge in [0, 0.05) is 5.02 Å². The molecule has 1 rings (SSSR count). The molecule has 1 unspecified atom stereocenters. The van der Waals surface area contributed by atoms with Crippen LogP contribution in [0.15, 0.2) is 24.3 Å². The topological polar surface area (TPSA) is 55.1 Å². The van der Waals surface area contributed by atoms with Crippen molar-refractivity contribution in [2.45, 2.75) is 32.4 Å². The minimum absolute atomic E-state index is 0.0798. The predicted molar refractivity (Wildman–Crippen MR) is 66.3 cm³/mol. The largest absolute Gasteiger partial charge is 0.348 e. The van der Waals surface area contributed by atoms with Crippen molar-refractivity contribution >= 4 is 17.5 Å². The van der Waals surface area contributed by atoms with E-state index in [0.29, 0.717) is 11.4 Å². The zero-order valence-electron chi connectivity index (χ0n) is 9.53. The summed E-state index contributed by atoms with van der Waals surface area (Å²) in [4.78, 5) is 11.6. The normalized spacial score (nSPS) is 14.2. The van der Waals surface area contributed by atoms with Gasteiger partial charge < -0.3 is 11.1 Å². The molecule has 4 heteroatoms. The highest BCUT2D eigenvalue weighted by atomic mass is 35.5. The Kier molecular flexibility index (Phi) is 4.77. The van der Waals surface area contributed by atoms with E-state index in [4.69, 9.17) is 17.3 Å². The van der Waals surface area contributed by atoms with E-state index in [0.717, 1.165) is 5.56 Å². The molecule has 16 heavy (non-hydrogen) atoms. The maximum atomic E-state index is 11.6. The highest BCUT2D eigenvalue weighted by Gasteiger charge is 2.14. The maximum Gasteiger partial charge on any atom is 0.237 e. The minimum atomic E-state index is -0.443. The number of nitrogens with one attached hydrogen (secondary N) is 1. The van der Waals surface area contributed by atoms with Crippen LogP contribution in [0.5, 0.6) is 0 Å². The van der Waals surface area contributed by atoms with Gasteiger partial charge in [0.25, 0.3) is 0 Å². The van der Waals surface area contributed by atoms with E-state index in [1.54, 1.807) is 6.07 Å². The SMILES string of the molecule is CCC(N)C(=O)N[C@H](C)c1cccc(Cl)c1. The summed E-state index contributed by atoms with van der Waals surface area (Å²) in [6.07, 6.45) is 0.633. The molecule has 3 nitrogen and oxygen atoms in total. The molecular formula is C12H17ClN2O. The van der Waals surface area contributed by atoms with Gasteiger partial charge >= 0.3 is 0 Å². The number of rotatable bonds is 4. The Morgan fingerprint density at radius 1 is 1.56 bits per heavy atom. The van der Waals surface area contributed by atoms with Crippen LogP contribution < -0.4 is 11.1 Å². The quantitative estimate of drug-likeness (QED) is 0.848. The molecule has 88 valence electrons. The van der Waals surface area contributed by atoms with Gasteiger partial charge in [0.1, 0.15) is 0 Å². The van der Waals surface area contributed by atoms with Crippen LogP contribution in [0.25, 0.3) is 0 Å². The molecule has 0 aromatic heterocycles. The fourth-order valence-corrected chi connectivity index (χ4v) is 1.56. The standard InChI is InChI=1S/C12H17ClN2O/c1-3-11(14)12(16)15-8(2)9-5-4-6-10(13)7-9/h4-8,11H,3,14H2,1-2H3,(H,15,16)/t8-,11?/m1/s1. The Bertz CT molecular complexity index is 368. The van der Waals surface area contributed by atoms with Crippen LogP contribution in [0, 0.1) is 0 Å². The van der Waals surface area contributed by atoms with E-state index in [1.807, 2.05) is 32.0 Å². The van der Waals surface area contributed by atoms with Crippen LogP contribution in [0.1, 0.15) is 31.9 Å². The Labute approximate surface area is 101 Å². The summed E-state index contributed by atoms with van der Waals surface area (Å²) < 4.78 is 0. The number of carbonyl (C=O) groups excluding carboxylic acids is 1. The van der Waals surface area contributed by atoms with Gasteiger partial charge in [-0.1, -0.05) is 30.7 Å². The van der Waals surface area contributed by atoms with E-state index in [-0.39, 0.29) is 11.9 Å². The van der Waals surface area contributed by atoms with Gasteiger partial charge in [-0.05, 0) is 31.0 Å². The zero-order valence-corrected chi connectivity index (χ0v) is 10.3. The predicted octanol–water partition coefficient (Wildman–Crippen LogP) is 2.25. The first-order valence-corrected chi connectivity index (χ1v) is 5.73. The Morgan fingerprint density at radius 3 is 2.81 bits per heavy atom. The van der Waals surface area contributed by atoms with Gasteiger partial charge in [-0.25, -0.2) is 0 Å². The summed E-state index contributed by atoms with van der Waals surface area (Å²) in [6, 6.07) is 6.90. The lowest BCUT2D eigenvalue weighted by Gasteiger charge is -2.17. The van der Waals surface area contributed by atoms with E-state index in [1.165, 1.54) is 0 Å². The third-order valence-corrected chi connectivity index (χ3v) is 2.72. The molecular weight excluding hydrogens is 224 g/mol.